The van der Waals surface area contributed by atoms with E-state index in [1.807, 2.05) is 20.8 Å². The molecule has 1 aromatic heterocycles. The molecule has 0 aromatic carbocycles. The molecule has 1 heterocycles. The van der Waals surface area contributed by atoms with Gasteiger partial charge < -0.3 is 14.3 Å². The lowest BCUT2D eigenvalue weighted by molar-refractivity contribution is -0.174. The molecule has 0 aliphatic carbocycles. The first-order chi connectivity index (χ1) is 8.11. The maximum Gasteiger partial charge on any atom is 0.411 e. The van der Waals surface area contributed by atoms with Crippen molar-refractivity contribution in [2.45, 2.75) is 38.9 Å². The normalized spacial score (nSPS) is 13.0. The van der Waals surface area contributed by atoms with Crippen LogP contribution in [0.1, 0.15) is 26.5 Å². The molecule has 0 spiro atoms. The van der Waals surface area contributed by atoms with E-state index < -0.39 is 12.8 Å². The summed E-state index contributed by atoms with van der Waals surface area (Å²) in [6.45, 7) is 5.10. The molecule has 18 heavy (non-hydrogen) atoms. The fourth-order valence-electron chi connectivity index (χ4n) is 1.58. The van der Waals surface area contributed by atoms with Gasteiger partial charge in [-0.15, -0.1) is 0 Å². The third kappa shape index (κ3) is 4.45. The zero-order valence-electron chi connectivity index (χ0n) is 10.6. The summed E-state index contributed by atoms with van der Waals surface area (Å²) >= 11 is 5.09. The standard InChI is InChI=1S/C11H17F3N2OS/c1-10(2,3)8-6-15-9(18)16(8)4-5-17-7-11(12,13)14/h6H,4-5,7H2,1-3H3,(H,15,18). The summed E-state index contributed by atoms with van der Waals surface area (Å²) in [5.74, 6) is 0. The lowest BCUT2D eigenvalue weighted by Gasteiger charge is -2.20. The van der Waals surface area contributed by atoms with Crippen LogP contribution in [0, 0.1) is 4.77 Å². The van der Waals surface area contributed by atoms with Gasteiger partial charge in [0, 0.05) is 23.9 Å². The van der Waals surface area contributed by atoms with Crippen LogP contribution in [0.3, 0.4) is 0 Å². The predicted octanol–water partition coefficient (Wildman–Crippen LogP) is 3.42. The largest absolute Gasteiger partial charge is 0.411 e. The van der Waals surface area contributed by atoms with E-state index in [0.29, 0.717) is 11.3 Å². The molecule has 0 radical (unpaired) electrons. The van der Waals surface area contributed by atoms with Crippen LogP contribution in [0.2, 0.25) is 0 Å². The van der Waals surface area contributed by atoms with Gasteiger partial charge in [0.25, 0.3) is 0 Å². The minimum absolute atomic E-state index is 0.0191. The van der Waals surface area contributed by atoms with Crippen LogP contribution in [-0.2, 0) is 16.7 Å². The van der Waals surface area contributed by atoms with Crippen LogP contribution in [0.15, 0.2) is 6.20 Å². The van der Waals surface area contributed by atoms with Gasteiger partial charge in [0.1, 0.15) is 6.61 Å². The Morgan fingerprint density at radius 2 is 1.94 bits per heavy atom. The fourth-order valence-corrected chi connectivity index (χ4v) is 1.83. The second kappa shape index (κ2) is 5.44. The Bertz CT molecular complexity index is 442. The van der Waals surface area contributed by atoms with E-state index in [9.17, 15) is 13.2 Å². The van der Waals surface area contributed by atoms with Crippen molar-refractivity contribution in [2.75, 3.05) is 13.2 Å². The van der Waals surface area contributed by atoms with E-state index in [-0.39, 0.29) is 12.0 Å². The molecule has 1 rings (SSSR count). The van der Waals surface area contributed by atoms with Crippen LogP contribution in [0.5, 0.6) is 0 Å². The molecule has 7 heteroatoms. The van der Waals surface area contributed by atoms with Gasteiger partial charge in [-0.1, -0.05) is 20.8 Å². The third-order valence-corrected chi connectivity index (χ3v) is 2.70. The molecule has 1 N–H and O–H groups in total. The Kier molecular flexibility index (Phi) is 4.61. The number of ether oxygens (including phenoxy) is 1. The van der Waals surface area contributed by atoms with Gasteiger partial charge in [-0.3, -0.25) is 0 Å². The van der Waals surface area contributed by atoms with Crippen LogP contribution >= 0.6 is 12.2 Å². The molecule has 104 valence electrons. The van der Waals surface area contributed by atoms with Gasteiger partial charge >= 0.3 is 6.18 Å². The molecule has 0 atom stereocenters. The van der Waals surface area contributed by atoms with Crippen molar-refractivity contribution in [2.24, 2.45) is 0 Å². The van der Waals surface area contributed by atoms with Gasteiger partial charge in [0.05, 0.1) is 6.61 Å². The van der Waals surface area contributed by atoms with E-state index >= 15 is 0 Å². The number of nitrogens with zero attached hydrogens (tertiary/aromatic N) is 1. The summed E-state index contributed by atoms with van der Waals surface area (Å²) in [5.41, 5.74) is 0.820. The molecule has 0 saturated heterocycles. The third-order valence-electron chi connectivity index (χ3n) is 2.36. The highest BCUT2D eigenvalue weighted by Gasteiger charge is 2.27. The average Bonchev–Trinajstić information content (AvgIpc) is 2.53. The quantitative estimate of drug-likeness (QED) is 0.677. The lowest BCUT2D eigenvalue weighted by atomic mass is 9.93. The first-order valence-electron chi connectivity index (χ1n) is 5.54. The summed E-state index contributed by atoms with van der Waals surface area (Å²) in [4.78, 5) is 2.90. The number of imidazole rings is 1. The van der Waals surface area contributed by atoms with Crippen molar-refractivity contribution in [1.82, 2.24) is 9.55 Å². The van der Waals surface area contributed by atoms with Gasteiger partial charge in [-0.25, -0.2) is 0 Å². The maximum absolute atomic E-state index is 11.9. The Balaban J connectivity index is 2.63. The first-order valence-corrected chi connectivity index (χ1v) is 5.95. The topological polar surface area (TPSA) is 29.9 Å². The molecule has 0 amide bonds. The van der Waals surface area contributed by atoms with E-state index in [4.69, 9.17) is 12.2 Å². The van der Waals surface area contributed by atoms with E-state index in [0.717, 1.165) is 5.69 Å². The molecular formula is C11H17F3N2OS. The zero-order chi connectivity index (χ0) is 14.0. The van der Waals surface area contributed by atoms with Gasteiger partial charge in [0.2, 0.25) is 0 Å². The molecule has 0 fully saturated rings. The molecule has 0 unspecified atom stereocenters. The summed E-state index contributed by atoms with van der Waals surface area (Å²) in [6, 6.07) is 0. The molecule has 3 nitrogen and oxygen atoms in total. The summed E-state index contributed by atoms with van der Waals surface area (Å²) in [5, 5.41) is 0. The number of H-pyrrole nitrogens is 1. The smallest absolute Gasteiger partial charge is 0.370 e. The summed E-state index contributed by atoms with van der Waals surface area (Å²) in [6.07, 6.45) is -2.50. The highest BCUT2D eigenvalue weighted by molar-refractivity contribution is 7.71. The van der Waals surface area contributed by atoms with Crippen molar-refractivity contribution in [3.8, 4) is 0 Å². The SMILES string of the molecule is CC(C)(C)c1c[nH]c(=S)n1CCOCC(F)(F)F. The van der Waals surface area contributed by atoms with Crippen molar-refractivity contribution >= 4 is 12.2 Å². The molecule has 0 bridgehead atoms. The zero-order valence-corrected chi connectivity index (χ0v) is 11.4. The van der Waals surface area contributed by atoms with E-state index in [1.165, 1.54) is 0 Å². The molecule has 0 aliphatic heterocycles. The second-order valence-electron chi connectivity index (χ2n) is 5.05. The fraction of sp³-hybridized carbons (Fsp3) is 0.727. The number of rotatable bonds is 4. The van der Waals surface area contributed by atoms with Crippen LogP contribution in [-0.4, -0.2) is 28.9 Å². The Hall–Kier alpha value is -0.820. The minimum atomic E-state index is -4.29. The molecule has 0 saturated carbocycles. The van der Waals surface area contributed by atoms with Gasteiger partial charge in [-0.05, 0) is 12.2 Å². The maximum atomic E-state index is 11.9. The number of nitrogens with one attached hydrogen (secondary N) is 1. The number of hydrogen-bond acceptors (Lipinski definition) is 2. The highest BCUT2D eigenvalue weighted by Crippen LogP contribution is 2.22. The number of alkyl halides is 3. The summed E-state index contributed by atoms with van der Waals surface area (Å²) in [7, 11) is 0. The first kappa shape index (κ1) is 15.2. The van der Waals surface area contributed by atoms with Gasteiger partial charge in [-0.2, -0.15) is 13.2 Å². The van der Waals surface area contributed by atoms with Crippen molar-refractivity contribution in [3.05, 3.63) is 16.7 Å². The van der Waals surface area contributed by atoms with Gasteiger partial charge in [0.15, 0.2) is 4.77 Å². The summed E-state index contributed by atoms with van der Waals surface area (Å²) < 4.78 is 42.6. The van der Waals surface area contributed by atoms with Crippen molar-refractivity contribution < 1.29 is 17.9 Å². The van der Waals surface area contributed by atoms with Crippen molar-refractivity contribution in [1.29, 1.82) is 0 Å². The van der Waals surface area contributed by atoms with Crippen LogP contribution < -0.4 is 0 Å². The molecule has 1 aromatic rings. The number of hydrogen-bond donors (Lipinski definition) is 1. The highest BCUT2D eigenvalue weighted by atomic mass is 32.1. The number of halogens is 3. The predicted molar refractivity (Wildman–Crippen MR) is 65.2 cm³/mol. The van der Waals surface area contributed by atoms with Crippen molar-refractivity contribution in [3.63, 3.8) is 0 Å². The Morgan fingerprint density at radius 3 is 2.44 bits per heavy atom. The van der Waals surface area contributed by atoms with E-state index in [2.05, 4.69) is 9.72 Å². The Morgan fingerprint density at radius 1 is 1.33 bits per heavy atom. The number of aromatic nitrogens is 2. The lowest BCUT2D eigenvalue weighted by Crippen LogP contribution is -2.22. The number of aromatic amines is 1. The minimum Gasteiger partial charge on any atom is -0.370 e. The average molecular weight is 282 g/mol. The molecular weight excluding hydrogens is 265 g/mol. The van der Waals surface area contributed by atoms with Crippen LogP contribution in [0.25, 0.3) is 0 Å². The second-order valence-corrected chi connectivity index (χ2v) is 5.44. The monoisotopic (exact) mass is 282 g/mol. The molecule has 0 aliphatic rings. The van der Waals surface area contributed by atoms with Crippen LogP contribution in [0.4, 0.5) is 13.2 Å². The Labute approximate surface area is 109 Å². The van der Waals surface area contributed by atoms with E-state index in [1.54, 1.807) is 10.8 Å².